The van der Waals surface area contributed by atoms with Gasteiger partial charge in [0, 0.05) is 0 Å². The number of ether oxygens (including phenoxy) is 2. The van der Waals surface area contributed by atoms with Gasteiger partial charge in [-0.2, -0.15) is 0 Å². The molecule has 0 spiro atoms. The smallest absolute Gasteiger partial charge is 0.337 e. The zero-order valence-electron chi connectivity index (χ0n) is 13.0. The van der Waals surface area contributed by atoms with Crippen LogP contribution < -0.4 is 14.8 Å². The summed E-state index contributed by atoms with van der Waals surface area (Å²) in [6.45, 7) is 10.0. The van der Waals surface area contributed by atoms with E-state index in [1.165, 1.54) is 0 Å². The van der Waals surface area contributed by atoms with Crippen molar-refractivity contribution >= 4 is 11.7 Å². The zero-order valence-corrected chi connectivity index (χ0v) is 13.0. The lowest BCUT2D eigenvalue weighted by molar-refractivity contribution is -0.141. The summed E-state index contributed by atoms with van der Waals surface area (Å²) in [6.07, 6.45) is 0. The number of carbonyl (C=O) groups excluding carboxylic acids is 1. The molecule has 0 aromatic heterocycles. The molecule has 1 atom stereocenters. The first-order valence-corrected chi connectivity index (χ1v) is 7.02. The second-order valence-electron chi connectivity index (χ2n) is 6.12. The number of nitrogens with one attached hydrogen (secondary N) is 1. The fraction of sp³-hybridized carbons (Fsp3) is 0.562. The second kappa shape index (κ2) is 5.00. The summed E-state index contributed by atoms with van der Waals surface area (Å²) in [4.78, 5) is 12.3. The SMILES string of the molecule is COc1cc(C(C)C)cc2c1N[C@@](C)(C(C)C)C(=O)O2. The monoisotopic (exact) mass is 277 g/mol. The van der Waals surface area contributed by atoms with Crippen molar-refractivity contribution < 1.29 is 14.3 Å². The maximum Gasteiger partial charge on any atom is 0.337 e. The summed E-state index contributed by atoms with van der Waals surface area (Å²) >= 11 is 0. The maximum absolute atomic E-state index is 12.3. The van der Waals surface area contributed by atoms with Crippen molar-refractivity contribution in [1.82, 2.24) is 0 Å². The number of esters is 1. The van der Waals surface area contributed by atoms with E-state index in [9.17, 15) is 4.79 Å². The zero-order chi connectivity index (χ0) is 15.1. The third-order valence-corrected chi connectivity index (χ3v) is 4.14. The normalized spacial score (nSPS) is 21.5. The van der Waals surface area contributed by atoms with Gasteiger partial charge in [0.1, 0.15) is 17.0 Å². The molecule has 1 aliphatic heterocycles. The Morgan fingerprint density at radius 1 is 1.25 bits per heavy atom. The van der Waals surface area contributed by atoms with Crippen LogP contribution in [0.25, 0.3) is 0 Å². The predicted octanol–water partition coefficient (Wildman–Crippen LogP) is 3.56. The van der Waals surface area contributed by atoms with Crippen LogP contribution in [-0.4, -0.2) is 18.6 Å². The van der Waals surface area contributed by atoms with E-state index >= 15 is 0 Å². The van der Waals surface area contributed by atoms with Crippen LogP contribution in [-0.2, 0) is 4.79 Å². The molecule has 4 heteroatoms. The Morgan fingerprint density at radius 3 is 2.40 bits per heavy atom. The van der Waals surface area contributed by atoms with E-state index in [0.29, 0.717) is 17.4 Å². The average Bonchev–Trinajstić information content (AvgIpc) is 2.38. The molecule has 0 saturated carbocycles. The van der Waals surface area contributed by atoms with Crippen molar-refractivity contribution in [2.24, 2.45) is 5.92 Å². The molecule has 1 aromatic rings. The third kappa shape index (κ3) is 2.23. The fourth-order valence-electron chi connectivity index (χ4n) is 2.20. The van der Waals surface area contributed by atoms with Crippen molar-refractivity contribution in [2.75, 3.05) is 12.4 Å². The highest BCUT2D eigenvalue weighted by Gasteiger charge is 2.43. The minimum absolute atomic E-state index is 0.109. The van der Waals surface area contributed by atoms with Crippen LogP contribution in [0.5, 0.6) is 11.5 Å². The summed E-state index contributed by atoms with van der Waals surface area (Å²) in [5.41, 5.74) is 1.11. The topological polar surface area (TPSA) is 47.6 Å². The minimum atomic E-state index is -0.736. The summed E-state index contributed by atoms with van der Waals surface area (Å²) in [5, 5.41) is 3.31. The predicted molar refractivity (Wildman–Crippen MR) is 79.6 cm³/mol. The lowest BCUT2D eigenvalue weighted by atomic mass is 9.86. The molecule has 0 fully saturated rings. The van der Waals surface area contributed by atoms with Crippen LogP contribution in [0.1, 0.15) is 46.1 Å². The molecule has 1 heterocycles. The van der Waals surface area contributed by atoms with E-state index in [2.05, 4.69) is 19.2 Å². The number of anilines is 1. The van der Waals surface area contributed by atoms with Crippen LogP contribution in [0.3, 0.4) is 0 Å². The largest absolute Gasteiger partial charge is 0.494 e. The Morgan fingerprint density at radius 2 is 1.90 bits per heavy atom. The molecule has 1 N–H and O–H groups in total. The second-order valence-corrected chi connectivity index (χ2v) is 6.12. The molecule has 1 aliphatic rings. The number of benzene rings is 1. The molecule has 110 valence electrons. The van der Waals surface area contributed by atoms with Crippen LogP contribution in [0, 0.1) is 5.92 Å². The van der Waals surface area contributed by atoms with Gasteiger partial charge in [0.05, 0.1) is 7.11 Å². The van der Waals surface area contributed by atoms with E-state index in [1.807, 2.05) is 32.9 Å². The first kappa shape index (κ1) is 14.7. The Hall–Kier alpha value is -1.71. The molecule has 4 nitrogen and oxygen atoms in total. The number of methoxy groups -OCH3 is 1. The molecular weight excluding hydrogens is 254 g/mol. The highest BCUT2D eigenvalue weighted by atomic mass is 16.5. The van der Waals surface area contributed by atoms with E-state index < -0.39 is 5.54 Å². The molecular formula is C16H23NO3. The van der Waals surface area contributed by atoms with Crippen LogP contribution in [0.2, 0.25) is 0 Å². The number of hydrogen-bond donors (Lipinski definition) is 1. The van der Waals surface area contributed by atoms with Crippen molar-refractivity contribution in [3.63, 3.8) is 0 Å². The highest BCUT2D eigenvalue weighted by Crippen LogP contribution is 2.44. The number of hydrogen-bond acceptors (Lipinski definition) is 4. The van der Waals surface area contributed by atoms with Crippen molar-refractivity contribution in [3.05, 3.63) is 17.7 Å². The standard InChI is InChI=1S/C16H23NO3/c1-9(2)11-7-12(19-6)14-13(8-11)20-15(18)16(5,17-14)10(3)4/h7-10,17H,1-6H3/t16-/m0/s1. The number of carbonyl (C=O) groups is 1. The van der Waals surface area contributed by atoms with Crippen molar-refractivity contribution in [1.29, 1.82) is 0 Å². The number of fused-ring (bicyclic) bond motifs is 1. The van der Waals surface area contributed by atoms with Gasteiger partial charge in [-0.25, -0.2) is 4.79 Å². The quantitative estimate of drug-likeness (QED) is 0.678. The summed E-state index contributed by atoms with van der Waals surface area (Å²) < 4.78 is 11.0. The van der Waals surface area contributed by atoms with E-state index in [0.717, 1.165) is 11.3 Å². The first-order valence-electron chi connectivity index (χ1n) is 7.02. The Bertz CT molecular complexity index is 537. The first-order chi connectivity index (χ1) is 9.29. The molecule has 20 heavy (non-hydrogen) atoms. The fourth-order valence-corrected chi connectivity index (χ4v) is 2.20. The summed E-state index contributed by atoms with van der Waals surface area (Å²) in [5.74, 6) is 1.47. The van der Waals surface area contributed by atoms with E-state index in [4.69, 9.17) is 9.47 Å². The maximum atomic E-state index is 12.3. The van der Waals surface area contributed by atoms with Crippen molar-refractivity contribution in [3.8, 4) is 11.5 Å². The van der Waals surface area contributed by atoms with Gasteiger partial charge >= 0.3 is 5.97 Å². The molecule has 0 radical (unpaired) electrons. The Labute approximate surface area is 120 Å². The van der Waals surface area contributed by atoms with Gasteiger partial charge in [0.15, 0.2) is 5.75 Å². The Balaban J connectivity index is 2.54. The molecule has 1 aromatic carbocycles. The van der Waals surface area contributed by atoms with Crippen LogP contribution >= 0.6 is 0 Å². The number of rotatable bonds is 3. The van der Waals surface area contributed by atoms with Gasteiger partial charge in [-0.3, -0.25) is 0 Å². The van der Waals surface area contributed by atoms with Crippen LogP contribution in [0.4, 0.5) is 5.69 Å². The van der Waals surface area contributed by atoms with Gasteiger partial charge in [-0.05, 0) is 36.5 Å². The van der Waals surface area contributed by atoms with Gasteiger partial charge in [-0.1, -0.05) is 27.7 Å². The molecule has 0 amide bonds. The summed E-state index contributed by atoms with van der Waals surface area (Å²) in [6, 6.07) is 3.91. The van der Waals surface area contributed by atoms with Gasteiger partial charge in [-0.15, -0.1) is 0 Å². The van der Waals surface area contributed by atoms with Gasteiger partial charge in [0.2, 0.25) is 0 Å². The molecule has 0 bridgehead atoms. The molecule has 0 unspecified atom stereocenters. The highest BCUT2D eigenvalue weighted by molar-refractivity contribution is 5.92. The average molecular weight is 277 g/mol. The van der Waals surface area contributed by atoms with Crippen molar-refractivity contribution in [2.45, 2.75) is 46.1 Å². The molecule has 2 rings (SSSR count). The Kier molecular flexibility index (Phi) is 3.67. The van der Waals surface area contributed by atoms with Gasteiger partial charge in [0.25, 0.3) is 0 Å². The molecule has 0 aliphatic carbocycles. The van der Waals surface area contributed by atoms with E-state index in [1.54, 1.807) is 7.11 Å². The van der Waals surface area contributed by atoms with Gasteiger partial charge < -0.3 is 14.8 Å². The molecule has 0 saturated heterocycles. The third-order valence-electron chi connectivity index (χ3n) is 4.14. The van der Waals surface area contributed by atoms with Crippen LogP contribution in [0.15, 0.2) is 12.1 Å². The van der Waals surface area contributed by atoms with E-state index in [-0.39, 0.29) is 11.9 Å². The lowest BCUT2D eigenvalue weighted by Gasteiger charge is -2.38. The summed E-state index contributed by atoms with van der Waals surface area (Å²) in [7, 11) is 1.63. The lowest BCUT2D eigenvalue weighted by Crippen LogP contribution is -2.52. The minimum Gasteiger partial charge on any atom is -0.494 e.